The summed E-state index contributed by atoms with van der Waals surface area (Å²) >= 11 is 0. The van der Waals surface area contributed by atoms with Crippen molar-refractivity contribution in [1.82, 2.24) is 10.2 Å². The Hall–Kier alpha value is -0.290. The second-order valence-electron chi connectivity index (χ2n) is 6.12. The lowest BCUT2D eigenvalue weighted by molar-refractivity contribution is -0.165. The first-order valence-electron chi connectivity index (χ1n) is 6.29. The van der Waals surface area contributed by atoms with Crippen molar-refractivity contribution >= 4 is 0 Å². The molecule has 0 aromatic heterocycles. The van der Waals surface area contributed by atoms with Crippen LogP contribution in [0.5, 0.6) is 0 Å². The maximum absolute atomic E-state index is 12.6. The second-order valence-corrected chi connectivity index (χ2v) is 6.12. The molecule has 0 bridgehead atoms. The highest BCUT2D eigenvalue weighted by Crippen LogP contribution is 2.36. The van der Waals surface area contributed by atoms with Crippen molar-refractivity contribution in [3.8, 4) is 0 Å². The average Bonchev–Trinajstić information content (AvgIpc) is 2.59. The van der Waals surface area contributed by atoms with Crippen LogP contribution in [0, 0.1) is 0 Å². The van der Waals surface area contributed by atoms with Gasteiger partial charge in [-0.2, -0.15) is 13.2 Å². The molecule has 100 valence electrons. The third-order valence-corrected chi connectivity index (χ3v) is 4.18. The fourth-order valence-corrected chi connectivity index (χ4v) is 3.02. The molecule has 2 aliphatic rings. The van der Waals surface area contributed by atoms with Crippen LogP contribution in [0.2, 0.25) is 0 Å². The zero-order chi connectivity index (χ0) is 12.7. The maximum atomic E-state index is 12.6. The molecule has 1 N–H and O–H groups in total. The van der Waals surface area contributed by atoms with E-state index >= 15 is 0 Å². The highest BCUT2D eigenvalue weighted by Gasteiger charge is 2.47. The number of nitrogens with one attached hydrogen (secondary N) is 1. The molecule has 1 saturated heterocycles. The molecule has 1 aliphatic heterocycles. The SMILES string of the molecule is CC1(C)CNC2(CCCC2)CN1CC(F)(F)F. The molecule has 0 radical (unpaired) electrons. The molecule has 2 rings (SSSR count). The quantitative estimate of drug-likeness (QED) is 0.769. The summed E-state index contributed by atoms with van der Waals surface area (Å²) in [5.74, 6) is 0. The zero-order valence-corrected chi connectivity index (χ0v) is 10.5. The van der Waals surface area contributed by atoms with E-state index in [-0.39, 0.29) is 5.54 Å². The molecule has 1 heterocycles. The van der Waals surface area contributed by atoms with E-state index in [1.807, 2.05) is 13.8 Å². The lowest BCUT2D eigenvalue weighted by atomic mass is 9.87. The van der Waals surface area contributed by atoms with Gasteiger partial charge in [0.1, 0.15) is 0 Å². The van der Waals surface area contributed by atoms with E-state index < -0.39 is 18.3 Å². The van der Waals surface area contributed by atoms with Crippen LogP contribution in [0.25, 0.3) is 0 Å². The van der Waals surface area contributed by atoms with E-state index in [9.17, 15) is 13.2 Å². The molecule has 0 aromatic carbocycles. The lowest BCUT2D eigenvalue weighted by Crippen LogP contribution is -2.68. The summed E-state index contributed by atoms with van der Waals surface area (Å²) in [6.07, 6.45) is 0.184. The average molecular weight is 250 g/mol. The first-order valence-corrected chi connectivity index (χ1v) is 6.29. The number of piperazine rings is 1. The molecule has 2 nitrogen and oxygen atoms in total. The van der Waals surface area contributed by atoms with Crippen molar-refractivity contribution in [1.29, 1.82) is 0 Å². The van der Waals surface area contributed by atoms with Gasteiger partial charge in [0.2, 0.25) is 0 Å². The van der Waals surface area contributed by atoms with Gasteiger partial charge in [-0.15, -0.1) is 0 Å². The van der Waals surface area contributed by atoms with Gasteiger partial charge in [-0.25, -0.2) is 0 Å². The third kappa shape index (κ3) is 2.94. The number of hydrogen-bond donors (Lipinski definition) is 1. The second kappa shape index (κ2) is 4.12. The molecule has 1 saturated carbocycles. The van der Waals surface area contributed by atoms with Crippen molar-refractivity contribution in [2.45, 2.75) is 56.8 Å². The van der Waals surface area contributed by atoms with Crippen LogP contribution in [-0.4, -0.2) is 41.8 Å². The smallest absolute Gasteiger partial charge is 0.308 e. The summed E-state index contributed by atoms with van der Waals surface area (Å²) in [5, 5.41) is 3.49. The fourth-order valence-electron chi connectivity index (χ4n) is 3.02. The highest BCUT2D eigenvalue weighted by molar-refractivity contribution is 5.04. The van der Waals surface area contributed by atoms with E-state index in [0.29, 0.717) is 13.1 Å². The van der Waals surface area contributed by atoms with E-state index in [0.717, 1.165) is 25.7 Å². The van der Waals surface area contributed by atoms with Crippen LogP contribution < -0.4 is 5.32 Å². The van der Waals surface area contributed by atoms with Gasteiger partial charge in [0.25, 0.3) is 0 Å². The van der Waals surface area contributed by atoms with Gasteiger partial charge in [0.15, 0.2) is 0 Å². The van der Waals surface area contributed by atoms with Crippen LogP contribution >= 0.6 is 0 Å². The molecule has 1 spiro atoms. The number of rotatable bonds is 1. The summed E-state index contributed by atoms with van der Waals surface area (Å²) in [6, 6.07) is 0. The fraction of sp³-hybridized carbons (Fsp3) is 1.00. The molecular formula is C12H21F3N2. The predicted molar refractivity (Wildman–Crippen MR) is 60.9 cm³/mol. The lowest BCUT2D eigenvalue weighted by Gasteiger charge is -2.51. The number of hydrogen-bond acceptors (Lipinski definition) is 2. The van der Waals surface area contributed by atoms with Gasteiger partial charge in [-0.05, 0) is 26.7 Å². The third-order valence-electron chi connectivity index (χ3n) is 4.18. The summed E-state index contributed by atoms with van der Waals surface area (Å²) in [4.78, 5) is 1.61. The van der Waals surface area contributed by atoms with Gasteiger partial charge >= 0.3 is 6.18 Å². The van der Waals surface area contributed by atoms with Crippen LogP contribution in [0.15, 0.2) is 0 Å². The van der Waals surface area contributed by atoms with Gasteiger partial charge in [0, 0.05) is 24.2 Å². The molecule has 2 fully saturated rings. The Morgan fingerprint density at radius 1 is 1.18 bits per heavy atom. The van der Waals surface area contributed by atoms with Crippen LogP contribution in [0.1, 0.15) is 39.5 Å². The summed E-state index contributed by atoms with van der Waals surface area (Å²) in [5.41, 5.74) is -0.468. The van der Waals surface area contributed by atoms with Crippen molar-refractivity contribution in [3.63, 3.8) is 0 Å². The molecule has 0 unspecified atom stereocenters. The van der Waals surface area contributed by atoms with Crippen molar-refractivity contribution in [2.75, 3.05) is 19.6 Å². The van der Waals surface area contributed by atoms with Crippen LogP contribution in [-0.2, 0) is 0 Å². The Morgan fingerprint density at radius 3 is 2.29 bits per heavy atom. The van der Waals surface area contributed by atoms with E-state index in [1.165, 1.54) is 0 Å². The molecular weight excluding hydrogens is 229 g/mol. The van der Waals surface area contributed by atoms with Gasteiger partial charge in [-0.3, -0.25) is 4.90 Å². The van der Waals surface area contributed by atoms with Crippen molar-refractivity contribution in [3.05, 3.63) is 0 Å². The van der Waals surface area contributed by atoms with E-state index in [2.05, 4.69) is 5.32 Å². The maximum Gasteiger partial charge on any atom is 0.401 e. The number of nitrogens with zero attached hydrogens (tertiary/aromatic N) is 1. The zero-order valence-electron chi connectivity index (χ0n) is 10.5. The first-order chi connectivity index (χ1) is 7.73. The van der Waals surface area contributed by atoms with E-state index in [1.54, 1.807) is 4.90 Å². The monoisotopic (exact) mass is 250 g/mol. The van der Waals surface area contributed by atoms with Crippen molar-refractivity contribution < 1.29 is 13.2 Å². The number of halogens is 3. The largest absolute Gasteiger partial charge is 0.401 e. The van der Waals surface area contributed by atoms with E-state index in [4.69, 9.17) is 0 Å². The molecule has 0 atom stereocenters. The predicted octanol–water partition coefficient (Wildman–Crippen LogP) is 2.55. The van der Waals surface area contributed by atoms with Gasteiger partial charge < -0.3 is 5.32 Å². The standard InChI is InChI=1S/C12H21F3N2/c1-10(2)7-16-11(5-3-4-6-11)8-17(10)9-12(13,14)15/h16H,3-9H2,1-2H3. The Bertz CT molecular complexity index is 280. The highest BCUT2D eigenvalue weighted by atomic mass is 19.4. The molecule has 1 aliphatic carbocycles. The number of alkyl halides is 3. The topological polar surface area (TPSA) is 15.3 Å². The minimum absolute atomic E-state index is 0.0548. The normalized spacial score (nSPS) is 28.8. The summed E-state index contributed by atoms with van der Waals surface area (Å²) in [6.45, 7) is 4.15. The summed E-state index contributed by atoms with van der Waals surface area (Å²) in [7, 11) is 0. The molecule has 0 amide bonds. The Kier molecular flexibility index (Phi) is 3.19. The minimum atomic E-state index is -4.10. The van der Waals surface area contributed by atoms with Gasteiger partial charge in [0.05, 0.1) is 6.54 Å². The van der Waals surface area contributed by atoms with Crippen LogP contribution in [0.4, 0.5) is 13.2 Å². The molecule has 17 heavy (non-hydrogen) atoms. The molecule has 5 heteroatoms. The minimum Gasteiger partial charge on any atom is -0.308 e. The van der Waals surface area contributed by atoms with Crippen molar-refractivity contribution in [2.24, 2.45) is 0 Å². The first kappa shape index (κ1) is 13.1. The Balaban J connectivity index is 2.09. The summed E-state index contributed by atoms with van der Waals surface area (Å²) < 4.78 is 37.8. The van der Waals surface area contributed by atoms with Gasteiger partial charge in [-0.1, -0.05) is 12.8 Å². The Morgan fingerprint density at radius 2 is 1.76 bits per heavy atom. The Labute approximate surface area is 101 Å². The molecule has 0 aromatic rings. The van der Waals surface area contributed by atoms with Crippen LogP contribution in [0.3, 0.4) is 0 Å².